The molecule has 0 saturated carbocycles. The summed E-state index contributed by atoms with van der Waals surface area (Å²) in [5, 5.41) is 11.1. The van der Waals surface area contributed by atoms with Gasteiger partial charge in [0, 0.05) is 34.4 Å². The van der Waals surface area contributed by atoms with Gasteiger partial charge in [-0.1, -0.05) is 22.0 Å². The van der Waals surface area contributed by atoms with Crippen molar-refractivity contribution >= 4 is 21.6 Å². The second-order valence-electron chi connectivity index (χ2n) is 4.65. The molecule has 0 radical (unpaired) electrons. The van der Waals surface area contributed by atoms with Crippen LogP contribution < -0.4 is 10.5 Å². The van der Waals surface area contributed by atoms with E-state index in [1.54, 1.807) is 31.3 Å². The number of pyridine rings is 1. The Balaban J connectivity index is 2.37. The van der Waals surface area contributed by atoms with Crippen molar-refractivity contribution in [2.75, 3.05) is 0 Å². The molecule has 0 aliphatic heterocycles. The maximum Gasteiger partial charge on any atom is 0.313 e. The molecular formula is C14H14BrN3O3. The molecule has 0 aliphatic rings. The summed E-state index contributed by atoms with van der Waals surface area (Å²) in [6, 6.07) is 6.45. The monoisotopic (exact) mass is 351 g/mol. The van der Waals surface area contributed by atoms with Crippen molar-refractivity contribution in [3.8, 4) is 11.6 Å². The highest BCUT2D eigenvalue weighted by atomic mass is 79.9. The number of nitrogens with two attached hydrogens (primary N) is 1. The Hall–Kier alpha value is -1.99. The highest BCUT2D eigenvalue weighted by Crippen LogP contribution is 2.36. The fourth-order valence-electron chi connectivity index (χ4n) is 1.81. The highest BCUT2D eigenvalue weighted by Gasteiger charge is 2.20. The van der Waals surface area contributed by atoms with Crippen molar-refractivity contribution in [3.05, 3.63) is 56.2 Å². The Morgan fingerprint density at radius 3 is 2.67 bits per heavy atom. The molecule has 0 unspecified atom stereocenters. The fraction of sp³-hybridized carbons (Fsp3) is 0.214. The molecule has 0 aliphatic carbocycles. The molecule has 1 aromatic heterocycles. The quantitative estimate of drug-likeness (QED) is 0.666. The van der Waals surface area contributed by atoms with E-state index in [9.17, 15) is 10.1 Å². The number of aryl methyl sites for hydroxylation is 1. The molecule has 0 saturated heterocycles. The lowest BCUT2D eigenvalue weighted by molar-refractivity contribution is -0.385. The molecule has 0 spiro atoms. The van der Waals surface area contributed by atoms with Crippen LogP contribution in [0.5, 0.6) is 11.6 Å². The lowest BCUT2D eigenvalue weighted by Gasteiger charge is -2.10. The van der Waals surface area contributed by atoms with Crippen LogP contribution in [0.1, 0.15) is 24.1 Å². The maximum absolute atomic E-state index is 11.1. The zero-order valence-electron chi connectivity index (χ0n) is 11.5. The van der Waals surface area contributed by atoms with Crippen LogP contribution in [-0.4, -0.2) is 9.91 Å². The molecule has 1 aromatic carbocycles. The van der Waals surface area contributed by atoms with E-state index >= 15 is 0 Å². The van der Waals surface area contributed by atoms with Crippen molar-refractivity contribution in [3.63, 3.8) is 0 Å². The van der Waals surface area contributed by atoms with Crippen LogP contribution in [0.4, 0.5) is 5.69 Å². The molecule has 2 N–H and O–H groups in total. The van der Waals surface area contributed by atoms with E-state index in [-0.39, 0.29) is 23.4 Å². The average molecular weight is 352 g/mol. The predicted octanol–water partition coefficient (Wildman–Crippen LogP) is 3.87. The van der Waals surface area contributed by atoms with E-state index in [1.165, 1.54) is 6.07 Å². The minimum atomic E-state index is -0.483. The summed E-state index contributed by atoms with van der Waals surface area (Å²) in [7, 11) is 0. The molecule has 7 heteroatoms. The van der Waals surface area contributed by atoms with Gasteiger partial charge in [-0.2, -0.15) is 0 Å². The van der Waals surface area contributed by atoms with Crippen LogP contribution in [0.2, 0.25) is 0 Å². The lowest BCUT2D eigenvalue weighted by atomic mass is 10.1. The Morgan fingerprint density at radius 1 is 1.43 bits per heavy atom. The second kappa shape index (κ2) is 6.19. The number of rotatable bonds is 4. The molecule has 0 amide bonds. The molecule has 0 bridgehead atoms. The Morgan fingerprint density at radius 2 is 2.14 bits per heavy atom. The van der Waals surface area contributed by atoms with Gasteiger partial charge in [0.2, 0.25) is 11.6 Å². The van der Waals surface area contributed by atoms with Crippen LogP contribution in [0.15, 0.2) is 34.9 Å². The van der Waals surface area contributed by atoms with Crippen molar-refractivity contribution in [1.29, 1.82) is 0 Å². The Kier molecular flexibility index (Phi) is 4.54. The first-order valence-corrected chi connectivity index (χ1v) is 7.01. The molecule has 1 heterocycles. The number of benzene rings is 1. The van der Waals surface area contributed by atoms with Crippen LogP contribution in [-0.2, 0) is 0 Å². The molecule has 21 heavy (non-hydrogen) atoms. The lowest BCUT2D eigenvalue weighted by Crippen LogP contribution is -2.05. The third kappa shape index (κ3) is 3.56. The molecule has 110 valence electrons. The van der Waals surface area contributed by atoms with Crippen LogP contribution >= 0.6 is 15.9 Å². The first-order valence-electron chi connectivity index (χ1n) is 6.22. The number of nitro groups is 1. The van der Waals surface area contributed by atoms with E-state index in [2.05, 4.69) is 20.9 Å². The minimum absolute atomic E-state index is 0.111. The van der Waals surface area contributed by atoms with Gasteiger partial charge in [-0.15, -0.1) is 0 Å². The number of hydrogen-bond acceptors (Lipinski definition) is 5. The van der Waals surface area contributed by atoms with Crippen molar-refractivity contribution in [1.82, 2.24) is 4.98 Å². The standard InChI is InChI=1S/C14H14BrN3O3/c1-8-5-11(15)6-12(18(19)20)14(8)21-13-4-3-10(7-17-13)9(2)16/h3-7,9H,16H2,1-2H3/t9-/m0/s1. The van der Waals surface area contributed by atoms with E-state index in [0.717, 1.165) is 5.56 Å². The van der Waals surface area contributed by atoms with Gasteiger partial charge in [0.1, 0.15) is 0 Å². The molecule has 2 aromatic rings. The van der Waals surface area contributed by atoms with Gasteiger partial charge in [-0.3, -0.25) is 10.1 Å². The number of hydrogen-bond donors (Lipinski definition) is 1. The topological polar surface area (TPSA) is 91.3 Å². The molecule has 1 atom stereocenters. The molecule has 2 rings (SSSR count). The van der Waals surface area contributed by atoms with Gasteiger partial charge < -0.3 is 10.5 Å². The van der Waals surface area contributed by atoms with Gasteiger partial charge >= 0.3 is 5.69 Å². The number of halogens is 1. The first kappa shape index (κ1) is 15.4. The summed E-state index contributed by atoms with van der Waals surface area (Å²) in [4.78, 5) is 14.8. The summed E-state index contributed by atoms with van der Waals surface area (Å²) in [5.74, 6) is 0.470. The maximum atomic E-state index is 11.1. The van der Waals surface area contributed by atoms with Crippen molar-refractivity contribution in [2.24, 2.45) is 5.73 Å². The van der Waals surface area contributed by atoms with Crippen molar-refractivity contribution in [2.45, 2.75) is 19.9 Å². The van der Waals surface area contributed by atoms with Gasteiger partial charge in [-0.25, -0.2) is 4.98 Å². The fourth-order valence-corrected chi connectivity index (χ4v) is 2.37. The van der Waals surface area contributed by atoms with Crippen LogP contribution in [0, 0.1) is 17.0 Å². The Bertz CT molecular complexity index is 672. The molecule has 0 fully saturated rings. The largest absolute Gasteiger partial charge is 0.432 e. The molecular weight excluding hydrogens is 338 g/mol. The van der Waals surface area contributed by atoms with E-state index in [1.807, 2.05) is 6.92 Å². The summed E-state index contributed by atoms with van der Waals surface area (Å²) >= 11 is 3.24. The smallest absolute Gasteiger partial charge is 0.313 e. The number of ether oxygens (including phenoxy) is 1. The number of nitro benzene ring substituents is 1. The van der Waals surface area contributed by atoms with E-state index < -0.39 is 4.92 Å². The average Bonchev–Trinajstić information content (AvgIpc) is 2.41. The third-order valence-corrected chi connectivity index (χ3v) is 3.37. The van der Waals surface area contributed by atoms with E-state index in [0.29, 0.717) is 10.0 Å². The predicted molar refractivity (Wildman–Crippen MR) is 82.4 cm³/mol. The normalized spacial score (nSPS) is 12.0. The first-order chi connectivity index (χ1) is 9.88. The van der Waals surface area contributed by atoms with Gasteiger partial charge in [-0.05, 0) is 25.5 Å². The Labute approximate surface area is 130 Å². The van der Waals surface area contributed by atoms with E-state index in [4.69, 9.17) is 10.5 Å². The summed E-state index contributed by atoms with van der Waals surface area (Å²) in [6.45, 7) is 3.59. The number of aromatic nitrogens is 1. The molecule has 6 nitrogen and oxygen atoms in total. The SMILES string of the molecule is Cc1cc(Br)cc([N+](=O)[O-])c1Oc1ccc([C@H](C)N)cn1. The zero-order valence-corrected chi connectivity index (χ0v) is 13.1. The van der Waals surface area contributed by atoms with Crippen LogP contribution in [0.3, 0.4) is 0 Å². The summed E-state index contributed by atoms with van der Waals surface area (Å²) in [5.41, 5.74) is 7.15. The summed E-state index contributed by atoms with van der Waals surface area (Å²) in [6.07, 6.45) is 1.60. The highest BCUT2D eigenvalue weighted by molar-refractivity contribution is 9.10. The minimum Gasteiger partial charge on any atom is -0.432 e. The summed E-state index contributed by atoms with van der Waals surface area (Å²) < 4.78 is 6.20. The zero-order chi connectivity index (χ0) is 15.6. The van der Waals surface area contributed by atoms with Crippen molar-refractivity contribution < 1.29 is 9.66 Å². The van der Waals surface area contributed by atoms with Crippen LogP contribution in [0.25, 0.3) is 0 Å². The van der Waals surface area contributed by atoms with Gasteiger partial charge in [0.05, 0.1) is 4.92 Å². The number of nitrogens with zero attached hydrogens (tertiary/aromatic N) is 2. The van der Waals surface area contributed by atoms with Gasteiger partial charge in [0.15, 0.2) is 0 Å². The third-order valence-electron chi connectivity index (χ3n) is 2.91. The second-order valence-corrected chi connectivity index (χ2v) is 5.56. The van der Waals surface area contributed by atoms with Gasteiger partial charge in [0.25, 0.3) is 0 Å².